The van der Waals surface area contributed by atoms with Crippen LogP contribution in [0.2, 0.25) is 0 Å². The first-order valence-electron chi connectivity index (χ1n) is 13.1. The van der Waals surface area contributed by atoms with Gasteiger partial charge >= 0.3 is 0 Å². The smallest absolute Gasteiger partial charge is 0.273 e. The third kappa shape index (κ3) is 6.34. The molecular formula is C28H36N4O5S. The van der Waals surface area contributed by atoms with Gasteiger partial charge in [0.2, 0.25) is 10.0 Å². The van der Waals surface area contributed by atoms with E-state index in [2.05, 4.69) is 21.8 Å². The fourth-order valence-corrected chi connectivity index (χ4v) is 6.82. The number of aliphatic hydroxyl groups is 1. The van der Waals surface area contributed by atoms with Crippen LogP contribution in [-0.4, -0.2) is 77.5 Å². The maximum atomic E-state index is 13.7. The lowest BCUT2D eigenvalue weighted by molar-refractivity contribution is 0.0559. The highest BCUT2D eigenvalue weighted by Gasteiger charge is 2.38. The van der Waals surface area contributed by atoms with Crippen LogP contribution in [0.1, 0.15) is 62.0 Å². The van der Waals surface area contributed by atoms with E-state index in [9.17, 15) is 18.3 Å². The molecule has 0 bridgehead atoms. The number of rotatable bonds is 6. The highest BCUT2D eigenvalue weighted by Crippen LogP contribution is 2.34. The highest BCUT2D eigenvalue weighted by molar-refractivity contribution is 7.89. The average Bonchev–Trinajstić information content (AvgIpc) is 3.43. The lowest BCUT2D eigenvalue weighted by Crippen LogP contribution is -2.50. The number of benzene rings is 1. The third-order valence-electron chi connectivity index (χ3n) is 7.35. The molecule has 4 rings (SSSR count). The zero-order valence-electron chi connectivity index (χ0n) is 22.2. The zero-order chi connectivity index (χ0) is 27.3. The number of hydrogen-bond acceptors (Lipinski definition) is 7. The second kappa shape index (κ2) is 12.2. The Morgan fingerprint density at radius 2 is 2.05 bits per heavy atom. The lowest BCUT2D eigenvalue weighted by Gasteiger charge is -2.37. The summed E-state index contributed by atoms with van der Waals surface area (Å²) in [6.45, 7) is 3.57. The summed E-state index contributed by atoms with van der Waals surface area (Å²) in [6, 6.07) is 4.28. The standard InChI is InChI=1S/C28H36N4O5S/c1-20-17-32(21(2)19-33)38(35,36)27-12-11-23(10-6-9-22-7-4-5-8-22)15-25(27)37-26(20)18-31(3)28(34)24-16-29-13-14-30-24/h11-16,20-22,26,33H,4-5,7-9,17-19H2,1-3H3/t20-,21-,26-/m1/s1. The lowest BCUT2D eigenvalue weighted by atomic mass is 10.0. The first kappa shape index (κ1) is 28.0. The third-order valence-corrected chi connectivity index (χ3v) is 9.37. The summed E-state index contributed by atoms with van der Waals surface area (Å²) < 4.78 is 35.0. The Morgan fingerprint density at radius 1 is 1.29 bits per heavy atom. The number of hydrogen-bond donors (Lipinski definition) is 1. The molecule has 10 heteroatoms. The van der Waals surface area contributed by atoms with Crippen LogP contribution in [0.15, 0.2) is 41.7 Å². The van der Waals surface area contributed by atoms with Crippen LogP contribution in [0.3, 0.4) is 0 Å². The number of nitrogens with zero attached hydrogens (tertiary/aromatic N) is 4. The second-order valence-electron chi connectivity index (χ2n) is 10.3. The predicted octanol–water partition coefficient (Wildman–Crippen LogP) is 2.95. The van der Waals surface area contributed by atoms with Crippen LogP contribution in [0, 0.1) is 23.7 Å². The molecule has 1 aromatic carbocycles. The molecule has 1 aliphatic carbocycles. The maximum Gasteiger partial charge on any atom is 0.273 e. The minimum Gasteiger partial charge on any atom is -0.487 e. The Hall–Kier alpha value is -3.00. The Bertz CT molecular complexity index is 1290. The van der Waals surface area contributed by atoms with Gasteiger partial charge in [-0.15, -0.1) is 0 Å². The quantitative estimate of drug-likeness (QED) is 0.561. The Kier molecular flexibility index (Phi) is 9.03. The summed E-state index contributed by atoms with van der Waals surface area (Å²) in [5, 5.41) is 9.84. The SMILES string of the molecule is C[C@@H]1CN([C@H](C)CO)S(=O)(=O)c2ccc(C#CCC3CCCC3)cc2O[C@@H]1CN(C)C(=O)c1cnccn1. The molecule has 0 saturated heterocycles. The largest absolute Gasteiger partial charge is 0.487 e. The first-order valence-corrected chi connectivity index (χ1v) is 14.6. The molecule has 1 N–H and O–H groups in total. The summed E-state index contributed by atoms with van der Waals surface area (Å²) in [6.07, 6.45) is 9.60. The second-order valence-corrected chi connectivity index (χ2v) is 12.2. The van der Waals surface area contributed by atoms with E-state index in [4.69, 9.17) is 4.74 Å². The van der Waals surface area contributed by atoms with Gasteiger partial charge in [0.05, 0.1) is 19.3 Å². The molecule has 1 amide bonds. The molecule has 9 nitrogen and oxygen atoms in total. The predicted molar refractivity (Wildman–Crippen MR) is 143 cm³/mol. The highest BCUT2D eigenvalue weighted by atomic mass is 32.2. The Labute approximate surface area is 225 Å². The number of ether oxygens (including phenoxy) is 1. The fourth-order valence-electron chi connectivity index (χ4n) is 4.99. The van der Waals surface area contributed by atoms with Crippen LogP contribution < -0.4 is 4.74 Å². The maximum absolute atomic E-state index is 13.7. The molecule has 1 fully saturated rings. The molecule has 2 aliphatic rings. The normalized spacial score (nSPS) is 22.2. The summed E-state index contributed by atoms with van der Waals surface area (Å²) in [5.74, 6) is 6.66. The number of carbonyl (C=O) groups excluding carboxylic acids is 1. The van der Waals surface area contributed by atoms with E-state index in [0.717, 1.165) is 6.42 Å². The number of likely N-dealkylation sites (N-methyl/N-ethyl adjacent to an activating group) is 1. The molecule has 0 unspecified atom stereocenters. The van der Waals surface area contributed by atoms with Gasteiger partial charge < -0.3 is 14.7 Å². The van der Waals surface area contributed by atoms with Gasteiger partial charge in [-0.3, -0.25) is 9.78 Å². The minimum atomic E-state index is -3.95. The van der Waals surface area contributed by atoms with Crippen molar-refractivity contribution >= 4 is 15.9 Å². The van der Waals surface area contributed by atoms with Gasteiger partial charge in [-0.25, -0.2) is 13.4 Å². The van der Waals surface area contributed by atoms with Crippen LogP contribution >= 0.6 is 0 Å². The van der Waals surface area contributed by atoms with Crippen LogP contribution in [-0.2, 0) is 10.0 Å². The van der Waals surface area contributed by atoms with Crippen molar-refractivity contribution in [2.75, 3.05) is 26.7 Å². The summed E-state index contributed by atoms with van der Waals surface area (Å²) in [5.41, 5.74) is 0.890. The van der Waals surface area contributed by atoms with Crippen LogP contribution in [0.25, 0.3) is 0 Å². The van der Waals surface area contributed by atoms with E-state index in [1.165, 1.54) is 59.5 Å². The number of aliphatic hydroxyl groups excluding tert-OH is 1. The molecule has 1 saturated carbocycles. The van der Waals surface area contributed by atoms with Gasteiger partial charge in [0.25, 0.3) is 5.91 Å². The molecular weight excluding hydrogens is 504 g/mol. The zero-order valence-corrected chi connectivity index (χ0v) is 23.0. The molecule has 204 valence electrons. The number of fused-ring (bicyclic) bond motifs is 1. The monoisotopic (exact) mass is 540 g/mol. The van der Waals surface area contributed by atoms with E-state index in [0.29, 0.717) is 11.5 Å². The van der Waals surface area contributed by atoms with Gasteiger partial charge in [0, 0.05) is 49.9 Å². The van der Waals surface area contributed by atoms with Crippen molar-refractivity contribution in [2.45, 2.75) is 63.0 Å². The van der Waals surface area contributed by atoms with Crippen molar-refractivity contribution in [3.05, 3.63) is 48.0 Å². The van der Waals surface area contributed by atoms with Crippen LogP contribution in [0.5, 0.6) is 5.75 Å². The molecule has 1 aliphatic heterocycles. The van der Waals surface area contributed by atoms with Gasteiger partial charge in [-0.05, 0) is 43.9 Å². The molecule has 0 spiro atoms. The van der Waals surface area contributed by atoms with Gasteiger partial charge in [-0.2, -0.15) is 4.31 Å². The Morgan fingerprint density at radius 3 is 2.74 bits per heavy atom. The summed E-state index contributed by atoms with van der Waals surface area (Å²) in [7, 11) is -2.29. The van der Waals surface area contributed by atoms with Gasteiger partial charge in [-0.1, -0.05) is 31.6 Å². The average molecular weight is 541 g/mol. The molecule has 2 aromatic rings. The van der Waals surface area contributed by atoms with E-state index in [1.54, 1.807) is 26.1 Å². The van der Waals surface area contributed by atoms with Crippen molar-refractivity contribution in [1.29, 1.82) is 0 Å². The first-order chi connectivity index (χ1) is 18.2. The number of amides is 1. The number of sulfonamides is 1. The van der Waals surface area contributed by atoms with Crippen molar-refractivity contribution in [2.24, 2.45) is 11.8 Å². The molecule has 2 heterocycles. The topological polar surface area (TPSA) is 113 Å². The summed E-state index contributed by atoms with van der Waals surface area (Å²) >= 11 is 0. The van der Waals surface area contributed by atoms with E-state index >= 15 is 0 Å². The summed E-state index contributed by atoms with van der Waals surface area (Å²) in [4.78, 5) is 22.5. The Balaban J connectivity index is 1.66. The van der Waals surface area contributed by atoms with E-state index in [-0.39, 0.29) is 47.9 Å². The molecule has 0 radical (unpaired) electrons. The van der Waals surface area contributed by atoms with E-state index in [1.807, 2.05) is 6.92 Å². The van der Waals surface area contributed by atoms with Crippen molar-refractivity contribution in [3.8, 4) is 17.6 Å². The minimum absolute atomic E-state index is 0.0268. The molecule has 38 heavy (non-hydrogen) atoms. The molecule has 1 aromatic heterocycles. The number of carbonyl (C=O) groups is 1. The van der Waals surface area contributed by atoms with Crippen molar-refractivity contribution in [1.82, 2.24) is 19.2 Å². The van der Waals surface area contributed by atoms with Gasteiger partial charge in [0.15, 0.2) is 0 Å². The number of aromatic nitrogens is 2. The van der Waals surface area contributed by atoms with Crippen molar-refractivity contribution in [3.63, 3.8) is 0 Å². The van der Waals surface area contributed by atoms with Gasteiger partial charge in [0.1, 0.15) is 22.4 Å². The van der Waals surface area contributed by atoms with E-state index < -0.39 is 22.2 Å². The van der Waals surface area contributed by atoms with Crippen molar-refractivity contribution < 1.29 is 23.1 Å². The van der Waals surface area contributed by atoms with Crippen LogP contribution in [0.4, 0.5) is 0 Å². The molecule has 3 atom stereocenters. The fraction of sp³-hybridized carbons (Fsp3) is 0.536.